The summed E-state index contributed by atoms with van der Waals surface area (Å²) in [7, 11) is 0. The molecule has 5 nitrogen and oxygen atoms in total. The molecule has 2 aliphatic heterocycles. The van der Waals surface area contributed by atoms with Gasteiger partial charge in [0.25, 0.3) is 0 Å². The van der Waals surface area contributed by atoms with Crippen LogP contribution in [0.25, 0.3) is 0 Å². The van der Waals surface area contributed by atoms with Crippen LogP contribution in [-0.2, 0) is 9.59 Å². The van der Waals surface area contributed by atoms with Gasteiger partial charge in [0.15, 0.2) is 11.5 Å². The second-order valence-corrected chi connectivity index (χ2v) is 5.90. The monoisotopic (exact) mass is 289 g/mol. The van der Waals surface area contributed by atoms with Crippen molar-refractivity contribution in [3.63, 3.8) is 0 Å². The number of ether oxygens (including phenoxy) is 2. The minimum Gasteiger partial charge on any atom is -0.486 e. The van der Waals surface area contributed by atoms with Gasteiger partial charge in [0.1, 0.15) is 13.2 Å². The van der Waals surface area contributed by atoms with E-state index in [-0.39, 0.29) is 29.6 Å². The Bertz CT molecular complexity index is 582. The molecule has 0 bridgehead atoms. The number of rotatable bonds is 2. The third-order valence-corrected chi connectivity index (χ3v) is 4.12. The standard InChI is InChI=1S/C16H19NO4/c1-9(2)15-11(8-14(18)17-16(15)19)10-3-4-12-13(7-10)21-6-5-20-12/h3-4,7,9,11,15H,5-6,8H2,1-2H3,(H,17,18,19). The van der Waals surface area contributed by atoms with E-state index in [1.54, 1.807) is 0 Å². The smallest absolute Gasteiger partial charge is 0.230 e. The lowest BCUT2D eigenvalue weighted by Crippen LogP contribution is -2.46. The molecule has 0 aromatic heterocycles. The third-order valence-electron chi connectivity index (χ3n) is 4.12. The number of carbonyl (C=O) groups excluding carboxylic acids is 2. The fourth-order valence-corrected chi connectivity index (χ4v) is 3.16. The summed E-state index contributed by atoms with van der Waals surface area (Å²) < 4.78 is 11.1. The SMILES string of the molecule is CC(C)C1C(=O)NC(=O)CC1c1ccc2c(c1)OCCO2. The molecule has 21 heavy (non-hydrogen) atoms. The summed E-state index contributed by atoms with van der Waals surface area (Å²) in [4.78, 5) is 23.9. The molecule has 1 aromatic rings. The van der Waals surface area contributed by atoms with Crippen molar-refractivity contribution < 1.29 is 19.1 Å². The second-order valence-electron chi connectivity index (χ2n) is 5.90. The molecule has 0 radical (unpaired) electrons. The predicted molar refractivity (Wildman–Crippen MR) is 76.3 cm³/mol. The van der Waals surface area contributed by atoms with Crippen molar-refractivity contribution in [3.05, 3.63) is 23.8 Å². The van der Waals surface area contributed by atoms with Gasteiger partial charge in [-0.3, -0.25) is 14.9 Å². The molecule has 1 aromatic carbocycles. The van der Waals surface area contributed by atoms with Crippen LogP contribution in [0.1, 0.15) is 31.7 Å². The van der Waals surface area contributed by atoms with Crippen LogP contribution in [0.3, 0.4) is 0 Å². The molecule has 2 unspecified atom stereocenters. The number of hydrogen-bond acceptors (Lipinski definition) is 4. The Kier molecular flexibility index (Phi) is 3.57. The van der Waals surface area contributed by atoms with Crippen LogP contribution in [0.2, 0.25) is 0 Å². The average molecular weight is 289 g/mol. The first-order valence-corrected chi connectivity index (χ1v) is 7.29. The zero-order valence-electron chi connectivity index (χ0n) is 12.2. The maximum Gasteiger partial charge on any atom is 0.230 e. The van der Waals surface area contributed by atoms with E-state index in [1.165, 1.54) is 0 Å². The molecular formula is C16H19NO4. The Balaban J connectivity index is 1.96. The van der Waals surface area contributed by atoms with Crippen molar-refractivity contribution in [1.29, 1.82) is 0 Å². The van der Waals surface area contributed by atoms with Crippen molar-refractivity contribution in [3.8, 4) is 11.5 Å². The molecule has 112 valence electrons. The summed E-state index contributed by atoms with van der Waals surface area (Å²) >= 11 is 0. The van der Waals surface area contributed by atoms with Crippen LogP contribution >= 0.6 is 0 Å². The first kappa shape index (κ1) is 13.9. The van der Waals surface area contributed by atoms with Gasteiger partial charge in [0, 0.05) is 18.3 Å². The number of amides is 2. The highest BCUT2D eigenvalue weighted by molar-refractivity contribution is 6.00. The van der Waals surface area contributed by atoms with E-state index in [0.717, 1.165) is 11.3 Å². The summed E-state index contributed by atoms with van der Waals surface area (Å²) in [5.74, 6) is 0.874. The number of carbonyl (C=O) groups is 2. The molecule has 1 fully saturated rings. The van der Waals surface area contributed by atoms with Crippen LogP contribution in [0.4, 0.5) is 0 Å². The lowest BCUT2D eigenvalue weighted by Gasteiger charge is -2.33. The highest BCUT2D eigenvalue weighted by Crippen LogP contribution is 2.40. The van der Waals surface area contributed by atoms with Crippen LogP contribution in [0, 0.1) is 11.8 Å². The Hall–Kier alpha value is -2.04. The summed E-state index contributed by atoms with van der Waals surface area (Å²) in [5.41, 5.74) is 0.959. The highest BCUT2D eigenvalue weighted by atomic mass is 16.6. The number of piperidine rings is 1. The molecule has 2 atom stereocenters. The van der Waals surface area contributed by atoms with E-state index in [2.05, 4.69) is 5.32 Å². The molecule has 2 heterocycles. The molecule has 0 saturated carbocycles. The summed E-state index contributed by atoms with van der Waals surface area (Å²) in [6, 6.07) is 5.69. The minimum absolute atomic E-state index is 0.109. The fourth-order valence-electron chi connectivity index (χ4n) is 3.16. The molecule has 1 saturated heterocycles. The number of fused-ring (bicyclic) bond motifs is 1. The Labute approximate surface area is 123 Å². The molecule has 0 spiro atoms. The van der Waals surface area contributed by atoms with Gasteiger partial charge in [-0.25, -0.2) is 0 Å². The Morgan fingerprint density at radius 2 is 1.86 bits per heavy atom. The first-order chi connectivity index (χ1) is 10.1. The predicted octanol–water partition coefficient (Wildman–Crippen LogP) is 1.86. The Morgan fingerprint density at radius 3 is 2.57 bits per heavy atom. The maximum absolute atomic E-state index is 12.1. The molecule has 5 heteroatoms. The number of benzene rings is 1. The van der Waals surface area contributed by atoms with Crippen LogP contribution in [0.5, 0.6) is 11.5 Å². The second kappa shape index (κ2) is 5.39. The molecule has 2 amide bonds. The zero-order chi connectivity index (χ0) is 15.0. The average Bonchev–Trinajstić information content (AvgIpc) is 2.45. The van der Waals surface area contributed by atoms with E-state index in [9.17, 15) is 9.59 Å². The molecule has 2 aliphatic rings. The van der Waals surface area contributed by atoms with Gasteiger partial charge < -0.3 is 9.47 Å². The maximum atomic E-state index is 12.1. The summed E-state index contributed by atoms with van der Waals surface area (Å²) in [6.07, 6.45) is 0.328. The van der Waals surface area contributed by atoms with Gasteiger partial charge in [-0.2, -0.15) is 0 Å². The van der Waals surface area contributed by atoms with Gasteiger partial charge in [0.05, 0.1) is 0 Å². The molecular weight excluding hydrogens is 270 g/mol. The largest absolute Gasteiger partial charge is 0.486 e. The summed E-state index contributed by atoms with van der Waals surface area (Å²) in [6.45, 7) is 5.08. The van der Waals surface area contributed by atoms with Crippen molar-refractivity contribution in [1.82, 2.24) is 5.32 Å². The Morgan fingerprint density at radius 1 is 1.14 bits per heavy atom. The van der Waals surface area contributed by atoms with Crippen molar-refractivity contribution in [2.45, 2.75) is 26.2 Å². The van der Waals surface area contributed by atoms with Gasteiger partial charge in [-0.15, -0.1) is 0 Å². The fraction of sp³-hybridized carbons (Fsp3) is 0.500. The van der Waals surface area contributed by atoms with E-state index in [0.29, 0.717) is 25.4 Å². The van der Waals surface area contributed by atoms with E-state index >= 15 is 0 Å². The van der Waals surface area contributed by atoms with Gasteiger partial charge in [0.2, 0.25) is 11.8 Å². The minimum atomic E-state index is -0.211. The van der Waals surface area contributed by atoms with E-state index in [4.69, 9.17) is 9.47 Å². The zero-order valence-corrected chi connectivity index (χ0v) is 12.2. The summed E-state index contributed by atoms with van der Waals surface area (Å²) in [5, 5.41) is 2.44. The third kappa shape index (κ3) is 2.60. The van der Waals surface area contributed by atoms with Gasteiger partial charge in [-0.1, -0.05) is 19.9 Å². The van der Waals surface area contributed by atoms with Crippen molar-refractivity contribution >= 4 is 11.8 Å². The first-order valence-electron chi connectivity index (χ1n) is 7.29. The molecule has 0 aliphatic carbocycles. The lowest BCUT2D eigenvalue weighted by atomic mass is 9.74. The van der Waals surface area contributed by atoms with Crippen LogP contribution < -0.4 is 14.8 Å². The number of hydrogen-bond donors (Lipinski definition) is 1. The van der Waals surface area contributed by atoms with Crippen molar-refractivity contribution in [2.75, 3.05) is 13.2 Å². The topological polar surface area (TPSA) is 64.6 Å². The van der Waals surface area contributed by atoms with E-state index in [1.807, 2.05) is 32.0 Å². The molecule has 1 N–H and O–H groups in total. The molecule has 3 rings (SSSR count). The number of nitrogens with one attached hydrogen (secondary N) is 1. The van der Waals surface area contributed by atoms with E-state index < -0.39 is 0 Å². The normalized spacial score (nSPS) is 24.9. The van der Waals surface area contributed by atoms with Gasteiger partial charge in [-0.05, 0) is 23.6 Å². The van der Waals surface area contributed by atoms with Gasteiger partial charge >= 0.3 is 0 Å². The lowest BCUT2D eigenvalue weighted by molar-refractivity contribution is -0.138. The van der Waals surface area contributed by atoms with Crippen LogP contribution in [-0.4, -0.2) is 25.0 Å². The van der Waals surface area contributed by atoms with Crippen LogP contribution in [0.15, 0.2) is 18.2 Å². The quantitative estimate of drug-likeness (QED) is 0.844. The number of imide groups is 1. The highest BCUT2D eigenvalue weighted by Gasteiger charge is 2.38. The van der Waals surface area contributed by atoms with Crippen molar-refractivity contribution in [2.24, 2.45) is 11.8 Å².